The van der Waals surface area contributed by atoms with Gasteiger partial charge in [0, 0.05) is 0 Å². The lowest BCUT2D eigenvalue weighted by molar-refractivity contribution is 0.147. The predicted molar refractivity (Wildman–Crippen MR) is 42.8 cm³/mol. The molecule has 0 amide bonds. The van der Waals surface area contributed by atoms with Crippen LogP contribution in [0.5, 0.6) is 0 Å². The Morgan fingerprint density at radius 1 is 1.60 bits per heavy atom. The molecule has 1 heterocycles. The average Bonchev–Trinajstić information content (AvgIpc) is 1.78. The van der Waals surface area contributed by atoms with Crippen molar-refractivity contribution in [2.45, 2.75) is 26.1 Å². The van der Waals surface area contributed by atoms with Crippen molar-refractivity contribution in [1.82, 2.24) is 0 Å². The number of carbonyl (C=O) groups is 1. The zero-order valence-electron chi connectivity index (χ0n) is 6.81. The second kappa shape index (κ2) is 2.38. The lowest BCUT2D eigenvalue weighted by Gasteiger charge is -2.29. The maximum absolute atomic E-state index is 11.1. The minimum atomic E-state index is -1.62. The van der Waals surface area contributed by atoms with Crippen LogP contribution in [-0.2, 0) is 4.74 Å². The number of hydrogen-bond acceptors (Lipinski definition) is 2. The summed E-state index contributed by atoms with van der Waals surface area (Å²) >= 11 is 0. The third-order valence-corrected chi connectivity index (χ3v) is 4.88. The molecule has 3 heteroatoms. The molecule has 0 aromatic carbocycles. The van der Waals surface area contributed by atoms with E-state index < -0.39 is 8.07 Å². The summed E-state index contributed by atoms with van der Waals surface area (Å²) in [7, 11) is -1.62. The molecular weight excluding hydrogens is 144 g/mol. The normalized spacial score (nSPS) is 31.5. The van der Waals surface area contributed by atoms with Crippen molar-refractivity contribution in [3.63, 3.8) is 0 Å². The minimum absolute atomic E-state index is 0.0885. The van der Waals surface area contributed by atoms with Crippen LogP contribution in [-0.4, -0.2) is 20.3 Å². The quantitative estimate of drug-likeness (QED) is 0.504. The first kappa shape index (κ1) is 7.79. The molecule has 1 fully saturated rings. The number of ether oxygens (including phenoxy) is 1. The lowest BCUT2D eigenvalue weighted by atomic mass is 10.2. The first-order chi connectivity index (χ1) is 4.52. The summed E-state index contributed by atoms with van der Waals surface area (Å²) in [4.78, 5) is 11.1. The molecule has 1 aliphatic rings. The molecule has 58 valence electrons. The van der Waals surface area contributed by atoms with Crippen molar-refractivity contribution in [3.05, 3.63) is 0 Å². The first-order valence-corrected chi connectivity index (χ1v) is 6.90. The van der Waals surface area contributed by atoms with E-state index >= 15 is 0 Å². The molecule has 1 unspecified atom stereocenters. The predicted octanol–water partition coefficient (Wildman–Crippen LogP) is 2.06. The van der Waals surface area contributed by atoms with Gasteiger partial charge in [0.05, 0.1) is 6.61 Å². The molecule has 1 atom stereocenters. The second-order valence-corrected chi connectivity index (χ2v) is 8.38. The van der Waals surface area contributed by atoms with Gasteiger partial charge in [0.15, 0.2) is 8.07 Å². The summed E-state index contributed by atoms with van der Waals surface area (Å²) in [5.74, 6) is 0.583. The van der Waals surface area contributed by atoms with Crippen molar-refractivity contribution in [3.8, 4) is 0 Å². The number of rotatable bonds is 0. The van der Waals surface area contributed by atoms with Gasteiger partial charge in [0.25, 0.3) is 5.59 Å². The van der Waals surface area contributed by atoms with Crippen LogP contribution in [0, 0.1) is 5.92 Å². The van der Waals surface area contributed by atoms with Crippen molar-refractivity contribution < 1.29 is 9.53 Å². The van der Waals surface area contributed by atoms with E-state index in [1.165, 1.54) is 0 Å². The van der Waals surface area contributed by atoms with Gasteiger partial charge in [0.2, 0.25) is 0 Å². The molecule has 0 aromatic rings. The Balaban J connectivity index is 2.63. The molecule has 0 aromatic heterocycles. The van der Waals surface area contributed by atoms with Crippen LogP contribution in [0.4, 0.5) is 4.79 Å². The SMILES string of the molecule is CC1COC(=O)[Si](C)(C)C1. The molecule has 0 radical (unpaired) electrons. The highest BCUT2D eigenvalue weighted by atomic mass is 28.3. The van der Waals surface area contributed by atoms with Crippen molar-refractivity contribution in [2.24, 2.45) is 5.92 Å². The second-order valence-electron chi connectivity index (χ2n) is 3.79. The molecule has 10 heavy (non-hydrogen) atoms. The third kappa shape index (κ3) is 1.40. The van der Waals surface area contributed by atoms with Gasteiger partial charge < -0.3 is 4.74 Å². The molecule has 1 saturated heterocycles. The standard InChI is InChI=1S/C7H14O2Si/c1-6-4-9-7(8)10(2,3)5-6/h6H,4-5H2,1-3H3. The molecule has 0 N–H and O–H groups in total. The van der Waals surface area contributed by atoms with Crippen LogP contribution in [0.1, 0.15) is 6.92 Å². The molecule has 0 saturated carbocycles. The third-order valence-electron chi connectivity index (χ3n) is 1.91. The van der Waals surface area contributed by atoms with Gasteiger partial charge in [-0.3, -0.25) is 4.79 Å². The highest BCUT2D eigenvalue weighted by molar-refractivity contribution is 7.03. The average molecular weight is 158 g/mol. The van der Waals surface area contributed by atoms with Crippen LogP contribution in [0.15, 0.2) is 0 Å². The number of carbonyl (C=O) groups excluding carboxylic acids is 1. The van der Waals surface area contributed by atoms with E-state index in [2.05, 4.69) is 20.0 Å². The topological polar surface area (TPSA) is 26.3 Å². The van der Waals surface area contributed by atoms with Crippen LogP contribution in [0.3, 0.4) is 0 Å². The highest BCUT2D eigenvalue weighted by Crippen LogP contribution is 2.24. The Morgan fingerprint density at radius 2 is 2.20 bits per heavy atom. The van der Waals surface area contributed by atoms with E-state index in [-0.39, 0.29) is 5.59 Å². The Morgan fingerprint density at radius 3 is 2.60 bits per heavy atom. The maximum atomic E-state index is 11.1. The summed E-state index contributed by atoms with van der Waals surface area (Å²) in [6, 6.07) is 1.09. The van der Waals surface area contributed by atoms with Gasteiger partial charge in [-0.1, -0.05) is 20.0 Å². The largest absolute Gasteiger partial charge is 0.470 e. The van der Waals surface area contributed by atoms with Crippen molar-refractivity contribution >= 4 is 13.7 Å². The highest BCUT2D eigenvalue weighted by Gasteiger charge is 2.38. The number of cyclic esters (lactones) is 1. The van der Waals surface area contributed by atoms with E-state index in [9.17, 15) is 4.79 Å². The van der Waals surface area contributed by atoms with Crippen LogP contribution < -0.4 is 0 Å². The van der Waals surface area contributed by atoms with Gasteiger partial charge >= 0.3 is 0 Å². The zero-order chi connectivity index (χ0) is 7.78. The van der Waals surface area contributed by atoms with Gasteiger partial charge in [-0.25, -0.2) is 0 Å². The fraction of sp³-hybridized carbons (Fsp3) is 0.857. The Bertz CT molecular complexity index is 154. The number of hydrogen-bond donors (Lipinski definition) is 0. The van der Waals surface area contributed by atoms with E-state index in [0.717, 1.165) is 6.04 Å². The molecule has 0 aliphatic carbocycles. The lowest BCUT2D eigenvalue weighted by Crippen LogP contribution is -2.44. The van der Waals surface area contributed by atoms with Gasteiger partial charge in [-0.15, -0.1) is 0 Å². The summed E-state index contributed by atoms with van der Waals surface area (Å²) in [6.07, 6.45) is 0. The molecule has 2 nitrogen and oxygen atoms in total. The van der Waals surface area contributed by atoms with E-state index in [1.807, 2.05) is 0 Å². The van der Waals surface area contributed by atoms with Crippen molar-refractivity contribution in [2.75, 3.05) is 6.61 Å². The van der Waals surface area contributed by atoms with Gasteiger partial charge in [0.1, 0.15) is 0 Å². The Labute approximate surface area is 62.6 Å². The fourth-order valence-electron chi connectivity index (χ4n) is 1.43. The Hall–Kier alpha value is -0.313. The molecule has 0 spiro atoms. The van der Waals surface area contributed by atoms with Crippen LogP contribution in [0.2, 0.25) is 19.1 Å². The summed E-state index contributed by atoms with van der Waals surface area (Å²) < 4.78 is 5.03. The smallest absolute Gasteiger partial charge is 0.271 e. The van der Waals surface area contributed by atoms with Gasteiger partial charge in [-0.2, -0.15) is 0 Å². The van der Waals surface area contributed by atoms with E-state index in [0.29, 0.717) is 12.5 Å². The van der Waals surface area contributed by atoms with Gasteiger partial charge in [-0.05, 0) is 12.0 Å². The van der Waals surface area contributed by atoms with E-state index in [1.54, 1.807) is 0 Å². The molecule has 1 aliphatic heterocycles. The Kier molecular flexibility index (Phi) is 1.85. The van der Waals surface area contributed by atoms with Crippen LogP contribution >= 0.6 is 0 Å². The molecule has 0 bridgehead atoms. The molecular formula is C7H14O2Si. The monoisotopic (exact) mass is 158 g/mol. The summed E-state index contributed by atoms with van der Waals surface area (Å²) in [5, 5.41) is 0. The summed E-state index contributed by atoms with van der Waals surface area (Å²) in [5.41, 5.74) is 0.0885. The molecule has 1 rings (SSSR count). The summed E-state index contributed by atoms with van der Waals surface area (Å²) in [6.45, 7) is 6.92. The van der Waals surface area contributed by atoms with E-state index in [4.69, 9.17) is 4.74 Å². The zero-order valence-corrected chi connectivity index (χ0v) is 7.81. The first-order valence-electron chi connectivity index (χ1n) is 3.69. The fourth-order valence-corrected chi connectivity index (χ4v) is 3.93. The van der Waals surface area contributed by atoms with Crippen LogP contribution in [0.25, 0.3) is 0 Å². The maximum Gasteiger partial charge on any atom is 0.271 e. The minimum Gasteiger partial charge on any atom is -0.470 e. The van der Waals surface area contributed by atoms with Crippen molar-refractivity contribution in [1.29, 1.82) is 0 Å².